The Morgan fingerprint density at radius 2 is 0.914 bits per heavy atom. The SMILES string of the molecule is Cc1ccc(-c2cc(-c3ccccc3)c3c(c2-c2ccccc2)-c2cccc4cccc-3c24)cc1. The van der Waals surface area contributed by atoms with Crippen LogP contribution in [0.2, 0.25) is 0 Å². The van der Waals surface area contributed by atoms with E-state index < -0.39 is 0 Å². The summed E-state index contributed by atoms with van der Waals surface area (Å²) in [7, 11) is 0. The lowest BCUT2D eigenvalue weighted by atomic mass is 9.82. The third-order valence-electron chi connectivity index (χ3n) is 7.28. The molecule has 6 aromatic carbocycles. The molecule has 1 aliphatic rings. The van der Waals surface area contributed by atoms with Gasteiger partial charge in [-0.2, -0.15) is 0 Å². The quantitative estimate of drug-likeness (QED) is 0.254. The summed E-state index contributed by atoms with van der Waals surface area (Å²) in [6.07, 6.45) is 0. The van der Waals surface area contributed by atoms with Crippen molar-refractivity contribution in [2.45, 2.75) is 6.92 Å². The molecule has 7 rings (SSSR count). The molecule has 0 aliphatic heterocycles. The molecule has 0 nitrogen and oxygen atoms in total. The third-order valence-corrected chi connectivity index (χ3v) is 7.28. The normalized spacial score (nSPS) is 11.6. The molecule has 0 heteroatoms. The van der Waals surface area contributed by atoms with Crippen LogP contribution < -0.4 is 0 Å². The molecule has 0 atom stereocenters. The second-order valence-electron chi connectivity index (χ2n) is 9.40. The number of fused-ring (bicyclic) bond motifs is 3. The van der Waals surface area contributed by atoms with Gasteiger partial charge in [0.2, 0.25) is 0 Å². The minimum Gasteiger partial charge on any atom is -0.0622 e. The highest BCUT2D eigenvalue weighted by molar-refractivity contribution is 6.22. The zero-order valence-corrected chi connectivity index (χ0v) is 19.6. The maximum Gasteiger partial charge on any atom is -0.000764 e. The van der Waals surface area contributed by atoms with E-state index in [4.69, 9.17) is 0 Å². The van der Waals surface area contributed by atoms with Gasteiger partial charge in [0, 0.05) is 0 Å². The summed E-state index contributed by atoms with van der Waals surface area (Å²) in [5, 5.41) is 2.66. The Hall–Kier alpha value is -4.42. The van der Waals surface area contributed by atoms with Crippen LogP contribution in [0.4, 0.5) is 0 Å². The number of aryl methyl sites for hydroxylation is 1. The summed E-state index contributed by atoms with van der Waals surface area (Å²) in [6, 6.07) is 46.6. The molecule has 0 saturated carbocycles. The van der Waals surface area contributed by atoms with Crippen molar-refractivity contribution in [3.8, 4) is 55.6 Å². The number of hydrogen-bond donors (Lipinski definition) is 0. The van der Waals surface area contributed by atoms with Crippen LogP contribution in [0, 0.1) is 6.92 Å². The zero-order valence-electron chi connectivity index (χ0n) is 19.6. The van der Waals surface area contributed by atoms with Gasteiger partial charge in [-0.3, -0.25) is 0 Å². The maximum absolute atomic E-state index is 2.42. The fraction of sp³-hybridized carbons (Fsp3) is 0.0286. The van der Waals surface area contributed by atoms with Gasteiger partial charge in [-0.15, -0.1) is 0 Å². The summed E-state index contributed by atoms with van der Waals surface area (Å²) in [4.78, 5) is 0. The minimum absolute atomic E-state index is 1.25. The number of rotatable bonds is 3. The van der Waals surface area contributed by atoms with Crippen LogP contribution in [0.15, 0.2) is 127 Å². The smallest absolute Gasteiger partial charge is 0.000764 e. The van der Waals surface area contributed by atoms with Crippen molar-refractivity contribution in [1.82, 2.24) is 0 Å². The molecule has 0 unspecified atom stereocenters. The van der Waals surface area contributed by atoms with Crippen molar-refractivity contribution >= 4 is 10.8 Å². The van der Waals surface area contributed by atoms with E-state index in [9.17, 15) is 0 Å². The zero-order chi connectivity index (χ0) is 23.4. The Morgan fingerprint density at radius 1 is 0.371 bits per heavy atom. The summed E-state index contributed by atoms with van der Waals surface area (Å²) in [5.74, 6) is 0. The van der Waals surface area contributed by atoms with Gasteiger partial charge in [0.15, 0.2) is 0 Å². The van der Waals surface area contributed by atoms with E-state index in [0.717, 1.165) is 0 Å². The lowest BCUT2D eigenvalue weighted by Gasteiger charge is -2.21. The topological polar surface area (TPSA) is 0 Å². The highest BCUT2D eigenvalue weighted by atomic mass is 14.3. The Kier molecular flexibility index (Phi) is 4.47. The molecule has 0 amide bonds. The summed E-state index contributed by atoms with van der Waals surface area (Å²) in [5.41, 5.74) is 14.3. The molecule has 0 fully saturated rings. The van der Waals surface area contributed by atoms with Crippen molar-refractivity contribution < 1.29 is 0 Å². The van der Waals surface area contributed by atoms with Crippen LogP contribution in [0.3, 0.4) is 0 Å². The largest absolute Gasteiger partial charge is 0.0622 e. The highest BCUT2D eigenvalue weighted by Crippen LogP contribution is 2.56. The molecule has 0 heterocycles. The second-order valence-corrected chi connectivity index (χ2v) is 9.40. The van der Waals surface area contributed by atoms with E-state index in [2.05, 4.69) is 134 Å². The molecule has 0 radical (unpaired) electrons. The van der Waals surface area contributed by atoms with Crippen LogP contribution in [-0.2, 0) is 0 Å². The average Bonchev–Trinajstić information content (AvgIpc) is 3.26. The number of hydrogen-bond acceptors (Lipinski definition) is 0. The second kappa shape index (κ2) is 7.82. The first kappa shape index (κ1) is 20.0. The van der Waals surface area contributed by atoms with E-state index in [1.54, 1.807) is 0 Å². The lowest BCUT2D eigenvalue weighted by molar-refractivity contribution is 1.47. The van der Waals surface area contributed by atoms with Crippen LogP contribution in [0.5, 0.6) is 0 Å². The summed E-state index contributed by atoms with van der Waals surface area (Å²) < 4.78 is 0. The standard InChI is InChI=1S/C35H24/c1-23-18-20-25(21-19-23)30-22-31(24-10-4-2-5-11-24)34-28-16-8-14-26-15-9-17-29(32(26)28)35(34)33(30)27-12-6-3-7-13-27/h2-22H,1H3. The van der Waals surface area contributed by atoms with Crippen molar-refractivity contribution in [2.75, 3.05) is 0 Å². The molecule has 1 aliphatic carbocycles. The minimum atomic E-state index is 1.25. The van der Waals surface area contributed by atoms with E-state index >= 15 is 0 Å². The maximum atomic E-state index is 2.42. The predicted molar refractivity (Wildman–Crippen MR) is 149 cm³/mol. The predicted octanol–water partition coefficient (Wildman–Crippen LogP) is 9.80. The van der Waals surface area contributed by atoms with Crippen molar-refractivity contribution in [2.24, 2.45) is 0 Å². The van der Waals surface area contributed by atoms with E-state index in [1.807, 2.05) is 0 Å². The van der Waals surface area contributed by atoms with Gasteiger partial charge in [0.25, 0.3) is 0 Å². The Morgan fingerprint density at radius 3 is 1.57 bits per heavy atom. The third kappa shape index (κ3) is 3.07. The lowest BCUT2D eigenvalue weighted by Crippen LogP contribution is -1.94. The van der Waals surface area contributed by atoms with Crippen molar-refractivity contribution in [3.05, 3.63) is 133 Å². The van der Waals surface area contributed by atoms with Crippen LogP contribution in [0.25, 0.3) is 66.4 Å². The fourth-order valence-electron chi connectivity index (χ4n) is 5.70. The average molecular weight is 445 g/mol. The summed E-state index contributed by atoms with van der Waals surface area (Å²) >= 11 is 0. The van der Waals surface area contributed by atoms with E-state index in [-0.39, 0.29) is 0 Å². The molecule has 0 spiro atoms. The van der Waals surface area contributed by atoms with Gasteiger partial charge in [0.1, 0.15) is 0 Å². The number of benzene rings is 6. The van der Waals surface area contributed by atoms with Gasteiger partial charge in [-0.1, -0.05) is 127 Å². The summed E-state index contributed by atoms with van der Waals surface area (Å²) in [6.45, 7) is 2.15. The van der Waals surface area contributed by atoms with E-state index in [1.165, 1.54) is 72.0 Å². The molecule has 164 valence electrons. The highest BCUT2D eigenvalue weighted by Gasteiger charge is 2.29. The molecule has 35 heavy (non-hydrogen) atoms. The van der Waals surface area contributed by atoms with Crippen LogP contribution >= 0.6 is 0 Å². The Balaban J connectivity index is 1.69. The molecular weight excluding hydrogens is 420 g/mol. The van der Waals surface area contributed by atoms with Crippen LogP contribution in [-0.4, -0.2) is 0 Å². The van der Waals surface area contributed by atoms with Gasteiger partial charge < -0.3 is 0 Å². The van der Waals surface area contributed by atoms with Crippen molar-refractivity contribution in [3.63, 3.8) is 0 Å². The Bertz CT molecular complexity index is 1700. The molecule has 0 aromatic heterocycles. The first-order valence-electron chi connectivity index (χ1n) is 12.2. The van der Waals surface area contributed by atoms with E-state index in [0.29, 0.717) is 0 Å². The van der Waals surface area contributed by atoms with Gasteiger partial charge in [-0.25, -0.2) is 0 Å². The van der Waals surface area contributed by atoms with Gasteiger partial charge in [-0.05, 0) is 79.4 Å². The molecule has 0 N–H and O–H groups in total. The van der Waals surface area contributed by atoms with Crippen LogP contribution in [0.1, 0.15) is 5.56 Å². The molecule has 0 bridgehead atoms. The van der Waals surface area contributed by atoms with Gasteiger partial charge in [0.05, 0.1) is 0 Å². The first-order valence-corrected chi connectivity index (χ1v) is 12.2. The first-order chi connectivity index (χ1) is 17.3. The van der Waals surface area contributed by atoms with Crippen molar-refractivity contribution in [1.29, 1.82) is 0 Å². The molecule has 6 aromatic rings. The fourth-order valence-corrected chi connectivity index (χ4v) is 5.70. The van der Waals surface area contributed by atoms with Gasteiger partial charge >= 0.3 is 0 Å². The monoisotopic (exact) mass is 444 g/mol. The molecule has 0 saturated heterocycles. The Labute approximate surface area is 206 Å². The molecular formula is C35H24.